The van der Waals surface area contributed by atoms with Gasteiger partial charge in [0.05, 0.1) is 12.5 Å². The highest BCUT2D eigenvalue weighted by molar-refractivity contribution is 7.90. The lowest BCUT2D eigenvalue weighted by molar-refractivity contribution is -0.206. The molecule has 44 heavy (non-hydrogen) atoms. The molecule has 2 fully saturated rings. The number of nitrogens with one attached hydrogen (secondary N) is 1. The third kappa shape index (κ3) is 6.10. The zero-order valence-electron chi connectivity index (χ0n) is 24.2. The van der Waals surface area contributed by atoms with Crippen molar-refractivity contribution in [2.45, 2.75) is 68.1 Å². The van der Waals surface area contributed by atoms with Crippen molar-refractivity contribution in [1.82, 2.24) is 9.62 Å². The van der Waals surface area contributed by atoms with Crippen molar-refractivity contribution >= 4 is 45.1 Å². The Hall–Kier alpha value is -3.02. The summed E-state index contributed by atoms with van der Waals surface area (Å²) in [6.45, 7) is 3.06. The molecule has 8 nitrogen and oxygen atoms in total. The molecule has 4 atom stereocenters. The number of nitrogens with zero attached hydrogens (tertiary/aromatic N) is 1. The average Bonchev–Trinajstić information content (AvgIpc) is 3.78. The predicted molar refractivity (Wildman–Crippen MR) is 165 cm³/mol. The van der Waals surface area contributed by atoms with Crippen LogP contribution in [0.2, 0.25) is 10.0 Å². The number of carbonyl (C=O) groups is 2. The number of rotatable bonds is 11. The molecule has 0 radical (unpaired) electrons. The van der Waals surface area contributed by atoms with Gasteiger partial charge in [0.15, 0.2) is 5.60 Å². The number of carboxylic acids is 1. The van der Waals surface area contributed by atoms with Gasteiger partial charge in [0.2, 0.25) is 10.0 Å². The lowest BCUT2D eigenvalue weighted by Crippen LogP contribution is -2.62. The van der Waals surface area contributed by atoms with Crippen molar-refractivity contribution in [2.24, 2.45) is 0 Å². The number of carbonyl (C=O) groups excluding carboxylic acids is 1. The molecule has 3 aromatic rings. The molecule has 1 heterocycles. The van der Waals surface area contributed by atoms with Crippen LogP contribution >= 0.6 is 23.2 Å². The molecule has 2 N–H and O–H groups in total. The molecular formula is C32H33Cl2FN2O6S. The number of morpholine rings is 1. The van der Waals surface area contributed by atoms with Crippen molar-refractivity contribution in [3.05, 3.63) is 105 Å². The number of halogens is 3. The van der Waals surface area contributed by atoms with E-state index in [0.29, 0.717) is 27.6 Å². The molecule has 0 aromatic heterocycles. The van der Waals surface area contributed by atoms with Crippen LogP contribution in [0.3, 0.4) is 0 Å². The fraction of sp³-hybridized carbons (Fsp3) is 0.375. The van der Waals surface area contributed by atoms with Gasteiger partial charge in [0, 0.05) is 28.2 Å². The van der Waals surface area contributed by atoms with Crippen LogP contribution in [0.25, 0.3) is 0 Å². The van der Waals surface area contributed by atoms with Crippen molar-refractivity contribution in [2.75, 3.05) is 6.54 Å². The molecular weight excluding hydrogens is 630 g/mol. The van der Waals surface area contributed by atoms with Crippen LogP contribution in [0.15, 0.2) is 72.8 Å². The first kappa shape index (κ1) is 32.4. The molecule has 0 spiro atoms. The topological polar surface area (TPSA) is 113 Å². The Kier molecular flexibility index (Phi) is 9.13. The maximum Gasteiger partial charge on any atom is 0.306 e. The Morgan fingerprint density at radius 3 is 2.34 bits per heavy atom. The highest BCUT2D eigenvalue weighted by Gasteiger charge is 2.58. The number of amides is 1. The second kappa shape index (κ2) is 12.4. The van der Waals surface area contributed by atoms with E-state index in [4.69, 9.17) is 27.9 Å². The Balaban J connectivity index is 1.57. The first-order valence-electron chi connectivity index (χ1n) is 14.3. The third-order valence-electron chi connectivity index (χ3n) is 8.49. The maximum atomic E-state index is 14.7. The number of benzene rings is 3. The van der Waals surface area contributed by atoms with Crippen molar-refractivity contribution in [3.8, 4) is 0 Å². The van der Waals surface area contributed by atoms with E-state index < -0.39 is 62.7 Å². The van der Waals surface area contributed by atoms with Crippen LogP contribution < -0.4 is 4.72 Å². The summed E-state index contributed by atoms with van der Waals surface area (Å²) in [5.41, 5.74) is -0.411. The number of hydrogen-bond acceptors (Lipinski definition) is 5. The minimum Gasteiger partial charge on any atom is -0.481 e. The summed E-state index contributed by atoms with van der Waals surface area (Å²) in [5, 5.41) is 10.7. The van der Waals surface area contributed by atoms with Crippen molar-refractivity contribution in [1.29, 1.82) is 0 Å². The van der Waals surface area contributed by atoms with E-state index in [1.54, 1.807) is 54.6 Å². The van der Waals surface area contributed by atoms with Gasteiger partial charge in [-0.1, -0.05) is 72.6 Å². The highest BCUT2D eigenvalue weighted by Crippen LogP contribution is 2.53. The number of ether oxygens (including phenoxy) is 1. The third-order valence-corrected chi connectivity index (χ3v) is 11.2. The summed E-state index contributed by atoms with van der Waals surface area (Å²) < 4.78 is 49.9. The lowest BCUT2D eigenvalue weighted by atomic mass is 9.85. The molecule has 2 aliphatic rings. The Morgan fingerprint density at radius 2 is 1.75 bits per heavy atom. The minimum absolute atomic E-state index is 0.108. The monoisotopic (exact) mass is 662 g/mol. The van der Waals surface area contributed by atoms with Crippen LogP contribution in [0.5, 0.6) is 0 Å². The molecule has 1 amide bonds. The van der Waals surface area contributed by atoms with Crippen molar-refractivity contribution in [3.63, 3.8) is 0 Å². The summed E-state index contributed by atoms with van der Waals surface area (Å²) >= 11 is 12.5. The molecule has 3 aromatic carbocycles. The van der Waals surface area contributed by atoms with Gasteiger partial charge in [-0.05, 0) is 67.6 Å². The summed E-state index contributed by atoms with van der Waals surface area (Å²) in [5.74, 6) is -2.42. The van der Waals surface area contributed by atoms with Gasteiger partial charge in [-0.2, -0.15) is 0 Å². The minimum atomic E-state index is -4.08. The van der Waals surface area contributed by atoms with E-state index in [1.807, 2.05) is 6.92 Å². The summed E-state index contributed by atoms with van der Waals surface area (Å²) in [6, 6.07) is 18.1. The number of carboxylic acid groups (broad SMARTS) is 1. The van der Waals surface area contributed by atoms with Gasteiger partial charge in [-0.3, -0.25) is 9.59 Å². The molecule has 0 bridgehead atoms. The fourth-order valence-electron chi connectivity index (χ4n) is 6.08. The largest absolute Gasteiger partial charge is 0.481 e. The van der Waals surface area contributed by atoms with Crippen LogP contribution in [0.1, 0.15) is 68.4 Å². The van der Waals surface area contributed by atoms with Gasteiger partial charge in [-0.15, -0.1) is 0 Å². The molecule has 12 heteroatoms. The summed E-state index contributed by atoms with van der Waals surface area (Å²) in [7, 11) is -4.08. The van der Waals surface area contributed by atoms with Gasteiger partial charge >= 0.3 is 5.97 Å². The number of hydrogen-bond donors (Lipinski definition) is 2. The summed E-state index contributed by atoms with van der Waals surface area (Å²) in [6.07, 6.45) is -0.646. The Bertz CT molecular complexity index is 1670. The quantitative estimate of drug-likeness (QED) is 0.246. The number of sulfonamides is 1. The van der Waals surface area contributed by atoms with Gasteiger partial charge in [0.1, 0.15) is 16.7 Å². The second-order valence-corrected chi connectivity index (χ2v) is 14.4. The van der Waals surface area contributed by atoms with E-state index in [2.05, 4.69) is 4.72 Å². The number of aliphatic carboxylic acids is 1. The smallest absolute Gasteiger partial charge is 0.306 e. The van der Waals surface area contributed by atoms with E-state index >= 15 is 0 Å². The standard InChI is InChI=1S/C32H33Cl2FN2O6S/c1-3-24(19-36-44(41,42)32(15-16-32)25-9-4-5-10-26(25)35)37-28(20-11-13-22(33)14-12-20)29(21-7-6-8-23(34)17-21)43-31(2,30(37)40)18-27(38)39/h4-14,17,24,28-29,36H,3,15-16,18-19H2,1-2H3,(H,38,39)/t24-,28+,29+,31+/m0/s1. The van der Waals surface area contributed by atoms with Crippen LogP contribution in [0, 0.1) is 5.82 Å². The lowest BCUT2D eigenvalue weighted by Gasteiger charge is -2.51. The zero-order valence-corrected chi connectivity index (χ0v) is 26.5. The summed E-state index contributed by atoms with van der Waals surface area (Å²) in [4.78, 5) is 27.8. The van der Waals surface area contributed by atoms with Crippen LogP contribution in [0.4, 0.5) is 4.39 Å². The molecule has 234 valence electrons. The SMILES string of the molecule is CC[C@@H](CNS(=O)(=O)C1(c2ccccc2F)CC1)N1C(=O)[C@@](C)(CC(=O)O)O[C@H](c2cccc(Cl)c2)[C@H]1c1ccc(Cl)cc1. The first-order valence-corrected chi connectivity index (χ1v) is 16.5. The molecule has 1 saturated carbocycles. The molecule has 5 rings (SSSR count). The van der Waals surface area contributed by atoms with E-state index in [0.717, 1.165) is 0 Å². The Morgan fingerprint density at radius 1 is 1.07 bits per heavy atom. The van der Waals surface area contributed by atoms with Crippen LogP contribution in [-0.4, -0.2) is 48.5 Å². The predicted octanol–water partition coefficient (Wildman–Crippen LogP) is 6.39. The molecule has 1 aliphatic carbocycles. The Labute approximate surface area is 266 Å². The fourth-order valence-corrected chi connectivity index (χ4v) is 8.19. The molecule has 0 unspecified atom stereocenters. The molecule has 1 aliphatic heterocycles. The van der Waals surface area contributed by atoms with E-state index in [9.17, 15) is 27.5 Å². The van der Waals surface area contributed by atoms with Crippen LogP contribution in [-0.2, 0) is 29.1 Å². The zero-order chi connectivity index (χ0) is 31.9. The average molecular weight is 664 g/mol. The highest BCUT2D eigenvalue weighted by atomic mass is 35.5. The van der Waals surface area contributed by atoms with E-state index in [1.165, 1.54) is 30.0 Å². The van der Waals surface area contributed by atoms with Crippen molar-refractivity contribution < 1.29 is 32.2 Å². The van der Waals surface area contributed by atoms with Gasteiger partial charge < -0.3 is 14.7 Å². The molecule has 1 saturated heterocycles. The van der Waals surface area contributed by atoms with E-state index in [-0.39, 0.29) is 24.9 Å². The first-order chi connectivity index (χ1) is 20.8. The van der Waals surface area contributed by atoms with Gasteiger partial charge in [0.25, 0.3) is 5.91 Å². The van der Waals surface area contributed by atoms with Gasteiger partial charge in [-0.25, -0.2) is 17.5 Å². The normalized spacial score (nSPS) is 23.8. The second-order valence-electron chi connectivity index (χ2n) is 11.5. The maximum absolute atomic E-state index is 14.7.